The molecule has 0 aliphatic carbocycles. The molecule has 0 radical (unpaired) electrons. The van der Waals surface area contributed by atoms with Crippen LogP contribution in [0.1, 0.15) is 32.8 Å². The van der Waals surface area contributed by atoms with Crippen LogP contribution in [-0.4, -0.2) is 54.7 Å². The fourth-order valence-electron chi connectivity index (χ4n) is 4.79. The third-order valence-corrected chi connectivity index (χ3v) is 6.79. The van der Waals surface area contributed by atoms with Crippen LogP contribution in [0.3, 0.4) is 0 Å². The average Bonchev–Trinajstić information content (AvgIpc) is 3.34. The zero-order valence-electron chi connectivity index (χ0n) is 21.8. The molecule has 0 bridgehead atoms. The van der Waals surface area contributed by atoms with Crippen molar-refractivity contribution < 1.29 is 9.53 Å². The number of hydrazine groups is 1. The van der Waals surface area contributed by atoms with Gasteiger partial charge in [0.2, 0.25) is 0 Å². The summed E-state index contributed by atoms with van der Waals surface area (Å²) in [5.41, 5.74) is 7.70. The molecule has 6 rings (SSSR count). The fourth-order valence-corrected chi connectivity index (χ4v) is 4.79. The summed E-state index contributed by atoms with van der Waals surface area (Å²) >= 11 is 0. The molecule has 8 nitrogen and oxygen atoms in total. The molecule has 1 aliphatic rings. The number of imidazole rings is 1. The van der Waals surface area contributed by atoms with Gasteiger partial charge in [0.05, 0.1) is 39.0 Å². The second-order valence-corrected chi connectivity index (χ2v) is 10.6. The van der Waals surface area contributed by atoms with Crippen molar-refractivity contribution in [3.8, 4) is 22.5 Å². The summed E-state index contributed by atoms with van der Waals surface area (Å²) in [5, 5.41) is 3.79. The van der Waals surface area contributed by atoms with E-state index in [2.05, 4.69) is 27.1 Å². The van der Waals surface area contributed by atoms with Gasteiger partial charge in [-0.3, -0.25) is 0 Å². The standard InChI is InChI=1S/C30H30N6O2/c1-30(2,3)36(35-14-7-15-35)29(37)38-18-20-10-12-22(13-11-20)28-27(21-8-5-4-6-9-21)33-25-16-23-24(32-19-31-23)17-26(25)34-28/h4-6,8-13,16-17,19,34H,7,14-15,18H2,1-3H3. The summed E-state index contributed by atoms with van der Waals surface area (Å²) in [4.78, 5) is 30.2. The number of benzene rings is 3. The molecule has 0 saturated carbocycles. The number of H-pyrrole nitrogens is 1. The Morgan fingerprint density at radius 1 is 0.947 bits per heavy atom. The second kappa shape index (κ2) is 9.54. The van der Waals surface area contributed by atoms with Crippen LogP contribution in [0.15, 0.2) is 73.1 Å². The summed E-state index contributed by atoms with van der Waals surface area (Å²) < 4.78 is 5.72. The zero-order valence-corrected chi connectivity index (χ0v) is 21.8. The van der Waals surface area contributed by atoms with Crippen LogP contribution in [0, 0.1) is 0 Å². The van der Waals surface area contributed by atoms with Gasteiger partial charge in [-0.15, -0.1) is 0 Å². The van der Waals surface area contributed by atoms with Gasteiger partial charge in [0.1, 0.15) is 12.9 Å². The molecule has 0 atom stereocenters. The quantitative estimate of drug-likeness (QED) is 0.305. The topological polar surface area (TPSA) is 87.2 Å². The normalized spacial score (nSPS) is 14.0. The molecule has 1 N–H and O–H groups in total. The first kappa shape index (κ1) is 24.1. The minimum Gasteiger partial charge on any atom is -0.444 e. The largest absolute Gasteiger partial charge is 0.444 e. The number of carbonyl (C=O) groups is 1. The molecule has 0 spiro atoms. The number of rotatable bonds is 5. The van der Waals surface area contributed by atoms with Crippen molar-refractivity contribution >= 4 is 28.2 Å². The zero-order chi connectivity index (χ0) is 26.3. The number of hydrogen-bond donors (Lipinski definition) is 1. The third-order valence-electron chi connectivity index (χ3n) is 6.79. The first-order valence-corrected chi connectivity index (χ1v) is 12.9. The number of aromatic nitrogens is 4. The number of amides is 1. The summed E-state index contributed by atoms with van der Waals surface area (Å²) in [5.74, 6) is 0. The number of nitrogens with zero attached hydrogens (tertiary/aromatic N) is 5. The van der Waals surface area contributed by atoms with Crippen LogP contribution in [0.2, 0.25) is 0 Å². The smallest absolute Gasteiger partial charge is 0.425 e. The number of nitrogens with one attached hydrogen (secondary N) is 1. The minimum absolute atomic E-state index is 0.207. The lowest BCUT2D eigenvalue weighted by Gasteiger charge is -2.46. The van der Waals surface area contributed by atoms with Gasteiger partial charge < -0.3 is 9.72 Å². The molecule has 1 fully saturated rings. The molecule has 5 aromatic rings. The Kier molecular flexibility index (Phi) is 6.04. The number of fused-ring (bicyclic) bond motifs is 2. The predicted octanol–water partition coefficient (Wildman–Crippen LogP) is 6.20. The van der Waals surface area contributed by atoms with E-state index in [1.807, 2.05) is 80.4 Å². The summed E-state index contributed by atoms with van der Waals surface area (Å²) in [6.45, 7) is 8.04. The van der Waals surface area contributed by atoms with Gasteiger partial charge in [0.25, 0.3) is 0 Å². The lowest BCUT2D eigenvalue weighted by atomic mass is 10.0. The Labute approximate surface area is 221 Å². The Balaban J connectivity index is 1.30. The van der Waals surface area contributed by atoms with Gasteiger partial charge >= 0.3 is 6.09 Å². The van der Waals surface area contributed by atoms with Crippen molar-refractivity contribution in [3.05, 3.63) is 78.6 Å². The third kappa shape index (κ3) is 4.59. The Hall–Kier alpha value is -4.30. The van der Waals surface area contributed by atoms with Gasteiger partial charge in [0, 0.05) is 24.2 Å². The summed E-state index contributed by atoms with van der Waals surface area (Å²) in [6.07, 6.45) is 2.35. The van der Waals surface area contributed by atoms with Crippen molar-refractivity contribution in [2.75, 3.05) is 13.1 Å². The van der Waals surface area contributed by atoms with Crippen LogP contribution in [-0.2, 0) is 11.3 Å². The first-order valence-electron chi connectivity index (χ1n) is 12.9. The maximum absolute atomic E-state index is 12.9. The molecular formula is C30H30N6O2. The second-order valence-electron chi connectivity index (χ2n) is 10.6. The van der Waals surface area contributed by atoms with Gasteiger partial charge in [-0.05, 0) is 44.9 Å². The van der Waals surface area contributed by atoms with Gasteiger partial charge in [-0.2, -0.15) is 0 Å². The van der Waals surface area contributed by atoms with Gasteiger partial charge in [-0.1, -0.05) is 54.6 Å². The van der Waals surface area contributed by atoms with E-state index in [-0.39, 0.29) is 18.2 Å². The SMILES string of the molecule is CC(C)(C)N(C(=O)OCc1ccc(-c2[nH]c3cc4ncnc4cc3nc2-c2ccccc2)cc1)N1CCC1. The molecule has 1 aliphatic heterocycles. The van der Waals surface area contributed by atoms with E-state index in [0.717, 1.165) is 69.7 Å². The number of aromatic amines is 1. The highest BCUT2D eigenvalue weighted by Crippen LogP contribution is 2.32. The van der Waals surface area contributed by atoms with E-state index in [1.165, 1.54) is 0 Å². The van der Waals surface area contributed by atoms with Crippen LogP contribution in [0.5, 0.6) is 0 Å². The number of ether oxygens (including phenoxy) is 1. The fraction of sp³-hybridized carbons (Fsp3) is 0.267. The molecule has 1 amide bonds. The van der Waals surface area contributed by atoms with E-state index >= 15 is 0 Å². The van der Waals surface area contributed by atoms with Crippen molar-refractivity contribution in [2.24, 2.45) is 0 Å². The van der Waals surface area contributed by atoms with Crippen LogP contribution < -0.4 is 0 Å². The Morgan fingerprint density at radius 2 is 1.66 bits per heavy atom. The number of carbonyl (C=O) groups excluding carboxylic acids is 1. The van der Waals surface area contributed by atoms with Crippen LogP contribution >= 0.6 is 0 Å². The molecule has 3 heterocycles. The average molecular weight is 507 g/mol. The predicted molar refractivity (Wildman–Crippen MR) is 148 cm³/mol. The van der Waals surface area contributed by atoms with E-state index < -0.39 is 0 Å². The van der Waals surface area contributed by atoms with Crippen molar-refractivity contribution in [1.82, 2.24) is 30.0 Å². The van der Waals surface area contributed by atoms with Gasteiger partial charge in [0.15, 0.2) is 0 Å². The van der Waals surface area contributed by atoms with Crippen molar-refractivity contribution in [1.29, 1.82) is 0 Å². The van der Waals surface area contributed by atoms with Crippen molar-refractivity contribution in [2.45, 2.75) is 39.3 Å². The van der Waals surface area contributed by atoms with E-state index in [4.69, 9.17) is 9.72 Å². The highest BCUT2D eigenvalue weighted by atomic mass is 16.6. The van der Waals surface area contributed by atoms with E-state index in [1.54, 1.807) is 11.3 Å². The Bertz CT molecular complexity index is 1600. The minimum atomic E-state index is -0.340. The van der Waals surface area contributed by atoms with Gasteiger partial charge in [-0.25, -0.2) is 29.8 Å². The van der Waals surface area contributed by atoms with Crippen LogP contribution in [0.25, 0.3) is 44.6 Å². The summed E-state index contributed by atoms with van der Waals surface area (Å²) in [6, 6.07) is 22.1. The summed E-state index contributed by atoms with van der Waals surface area (Å²) in [7, 11) is 0. The lowest BCUT2D eigenvalue weighted by Crippen LogP contribution is -2.60. The molecular weight excluding hydrogens is 476 g/mol. The highest BCUT2D eigenvalue weighted by Gasteiger charge is 2.36. The lowest BCUT2D eigenvalue weighted by molar-refractivity contribution is -0.110. The molecule has 0 unspecified atom stereocenters. The van der Waals surface area contributed by atoms with Crippen molar-refractivity contribution in [3.63, 3.8) is 0 Å². The Morgan fingerprint density at radius 3 is 2.32 bits per heavy atom. The molecule has 8 heteroatoms. The monoisotopic (exact) mass is 506 g/mol. The van der Waals surface area contributed by atoms with E-state index in [9.17, 15) is 4.79 Å². The number of hydrogen-bond acceptors (Lipinski definition) is 6. The first-order chi connectivity index (χ1) is 18.4. The highest BCUT2D eigenvalue weighted by molar-refractivity contribution is 5.94. The maximum Gasteiger partial charge on any atom is 0.425 e. The molecule has 38 heavy (non-hydrogen) atoms. The molecule has 1 saturated heterocycles. The maximum atomic E-state index is 12.9. The molecule has 3 aromatic carbocycles. The molecule has 2 aromatic heterocycles. The van der Waals surface area contributed by atoms with E-state index in [0.29, 0.717) is 0 Å². The molecule has 192 valence electrons. The van der Waals surface area contributed by atoms with Crippen LogP contribution in [0.4, 0.5) is 4.79 Å².